The SMILES string of the molecule is C=C1CCN(C(=O)c2ccc(S(=O)(=O)C(F)(F)F)cc2)CC1. The highest BCUT2D eigenvalue weighted by Crippen LogP contribution is 2.30. The molecule has 0 bridgehead atoms. The maximum absolute atomic E-state index is 12.4. The Morgan fingerprint density at radius 2 is 1.59 bits per heavy atom. The molecule has 0 spiro atoms. The summed E-state index contributed by atoms with van der Waals surface area (Å²) in [5, 5.41) is 0. The largest absolute Gasteiger partial charge is 0.501 e. The van der Waals surface area contributed by atoms with Crippen LogP contribution in [0.4, 0.5) is 13.2 Å². The van der Waals surface area contributed by atoms with Gasteiger partial charge in [-0.3, -0.25) is 4.79 Å². The van der Waals surface area contributed by atoms with E-state index >= 15 is 0 Å². The summed E-state index contributed by atoms with van der Waals surface area (Å²) < 4.78 is 59.8. The lowest BCUT2D eigenvalue weighted by Crippen LogP contribution is -2.36. The quantitative estimate of drug-likeness (QED) is 0.782. The average Bonchev–Trinajstić information content (AvgIpc) is 2.46. The molecule has 0 saturated carbocycles. The third kappa shape index (κ3) is 3.16. The van der Waals surface area contributed by atoms with Gasteiger partial charge in [0.05, 0.1) is 4.90 Å². The number of sulfone groups is 1. The van der Waals surface area contributed by atoms with Crippen LogP contribution in [0, 0.1) is 0 Å². The fourth-order valence-corrected chi connectivity index (χ4v) is 2.88. The molecule has 0 N–H and O–H groups in total. The normalized spacial score (nSPS) is 16.7. The first kappa shape index (κ1) is 16.5. The van der Waals surface area contributed by atoms with E-state index in [1.807, 2.05) is 0 Å². The second kappa shape index (κ2) is 5.75. The van der Waals surface area contributed by atoms with Crippen LogP contribution in [0.1, 0.15) is 23.2 Å². The first-order valence-corrected chi connectivity index (χ1v) is 7.98. The topological polar surface area (TPSA) is 54.5 Å². The Labute approximate surface area is 126 Å². The van der Waals surface area contributed by atoms with E-state index in [0.717, 1.165) is 29.8 Å². The van der Waals surface area contributed by atoms with Crippen molar-refractivity contribution >= 4 is 15.7 Å². The second-order valence-electron chi connectivity index (χ2n) is 5.02. The smallest absolute Gasteiger partial charge is 0.338 e. The number of halogens is 3. The summed E-state index contributed by atoms with van der Waals surface area (Å²) in [7, 11) is -5.39. The molecule has 0 radical (unpaired) electrons. The Kier molecular flexibility index (Phi) is 4.32. The zero-order valence-corrected chi connectivity index (χ0v) is 12.4. The minimum atomic E-state index is -5.39. The van der Waals surface area contributed by atoms with Crippen LogP contribution in [0.5, 0.6) is 0 Å². The zero-order valence-electron chi connectivity index (χ0n) is 11.6. The number of carbonyl (C=O) groups excluding carboxylic acids is 1. The van der Waals surface area contributed by atoms with Crippen LogP contribution in [-0.2, 0) is 9.84 Å². The Bertz CT molecular complexity index is 683. The number of hydrogen-bond donors (Lipinski definition) is 0. The van der Waals surface area contributed by atoms with Crippen LogP contribution >= 0.6 is 0 Å². The van der Waals surface area contributed by atoms with Crippen molar-refractivity contribution in [2.45, 2.75) is 23.2 Å². The average molecular weight is 333 g/mol. The summed E-state index contributed by atoms with van der Waals surface area (Å²) in [6.45, 7) is 4.83. The van der Waals surface area contributed by atoms with E-state index in [2.05, 4.69) is 6.58 Å². The number of nitrogens with zero attached hydrogens (tertiary/aromatic N) is 1. The summed E-state index contributed by atoms with van der Waals surface area (Å²) in [6.07, 6.45) is 1.37. The molecular formula is C14H14F3NO3S. The lowest BCUT2D eigenvalue weighted by molar-refractivity contribution is -0.0436. The number of likely N-dealkylation sites (tertiary alicyclic amines) is 1. The molecule has 120 valence electrons. The predicted molar refractivity (Wildman–Crippen MR) is 74.0 cm³/mol. The van der Waals surface area contributed by atoms with Gasteiger partial charge < -0.3 is 4.90 Å². The second-order valence-corrected chi connectivity index (χ2v) is 6.96. The Balaban J connectivity index is 2.19. The number of alkyl halides is 3. The van der Waals surface area contributed by atoms with Crippen LogP contribution < -0.4 is 0 Å². The van der Waals surface area contributed by atoms with E-state index in [0.29, 0.717) is 25.9 Å². The highest BCUT2D eigenvalue weighted by molar-refractivity contribution is 7.92. The molecule has 0 aromatic heterocycles. The molecule has 1 aromatic carbocycles. The van der Waals surface area contributed by atoms with E-state index in [1.54, 1.807) is 4.90 Å². The van der Waals surface area contributed by atoms with Crippen LogP contribution in [-0.4, -0.2) is 37.8 Å². The van der Waals surface area contributed by atoms with Gasteiger partial charge in [0, 0.05) is 18.7 Å². The number of piperidine rings is 1. The van der Waals surface area contributed by atoms with E-state index in [-0.39, 0.29) is 11.5 Å². The van der Waals surface area contributed by atoms with Gasteiger partial charge in [-0.2, -0.15) is 13.2 Å². The molecule has 1 amide bonds. The number of hydrogen-bond acceptors (Lipinski definition) is 3. The molecule has 1 fully saturated rings. The van der Waals surface area contributed by atoms with E-state index < -0.39 is 20.2 Å². The molecule has 0 aliphatic carbocycles. The monoisotopic (exact) mass is 333 g/mol. The van der Waals surface area contributed by atoms with Gasteiger partial charge in [-0.1, -0.05) is 12.2 Å². The minimum Gasteiger partial charge on any atom is -0.338 e. The van der Waals surface area contributed by atoms with Crippen molar-refractivity contribution in [2.75, 3.05) is 13.1 Å². The molecule has 4 nitrogen and oxygen atoms in total. The number of rotatable bonds is 2. The molecule has 0 atom stereocenters. The summed E-state index contributed by atoms with van der Waals surface area (Å²) in [5.41, 5.74) is -4.14. The summed E-state index contributed by atoms with van der Waals surface area (Å²) in [6, 6.07) is 3.81. The van der Waals surface area contributed by atoms with Gasteiger partial charge in [0.25, 0.3) is 15.7 Å². The van der Waals surface area contributed by atoms with Gasteiger partial charge in [0.1, 0.15) is 0 Å². The lowest BCUT2D eigenvalue weighted by Gasteiger charge is -2.28. The lowest BCUT2D eigenvalue weighted by atomic mass is 10.0. The highest BCUT2D eigenvalue weighted by atomic mass is 32.2. The number of amides is 1. The third-order valence-electron chi connectivity index (χ3n) is 3.47. The van der Waals surface area contributed by atoms with E-state index in [9.17, 15) is 26.4 Å². The first-order chi connectivity index (χ1) is 10.1. The standard InChI is InChI=1S/C14H14F3NO3S/c1-10-6-8-18(9-7-10)13(19)11-2-4-12(5-3-11)22(20,21)14(15,16)17/h2-5H,1,6-9H2. The number of carbonyl (C=O) groups is 1. The third-order valence-corrected chi connectivity index (χ3v) is 4.98. The van der Waals surface area contributed by atoms with Gasteiger partial charge in [0.2, 0.25) is 0 Å². The van der Waals surface area contributed by atoms with E-state index in [4.69, 9.17) is 0 Å². The Morgan fingerprint density at radius 1 is 1.09 bits per heavy atom. The minimum absolute atomic E-state index is 0.161. The highest BCUT2D eigenvalue weighted by Gasteiger charge is 2.46. The van der Waals surface area contributed by atoms with Crippen LogP contribution in [0.15, 0.2) is 41.3 Å². The number of benzene rings is 1. The molecule has 0 unspecified atom stereocenters. The van der Waals surface area contributed by atoms with E-state index in [1.165, 1.54) is 0 Å². The molecule has 22 heavy (non-hydrogen) atoms. The molecule has 1 aliphatic heterocycles. The maximum Gasteiger partial charge on any atom is 0.501 e. The molecule has 1 saturated heterocycles. The Hall–Kier alpha value is -1.83. The van der Waals surface area contributed by atoms with Crippen molar-refractivity contribution in [3.05, 3.63) is 42.0 Å². The summed E-state index contributed by atoms with van der Waals surface area (Å²) in [4.78, 5) is 12.9. The van der Waals surface area contributed by atoms with Crippen LogP contribution in [0.2, 0.25) is 0 Å². The molecule has 1 aliphatic rings. The van der Waals surface area contributed by atoms with Crippen molar-refractivity contribution < 1.29 is 26.4 Å². The predicted octanol–water partition coefficient (Wildman–Crippen LogP) is 2.77. The maximum atomic E-state index is 12.4. The van der Waals surface area contributed by atoms with Gasteiger partial charge in [-0.05, 0) is 37.1 Å². The molecule has 1 heterocycles. The van der Waals surface area contributed by atoms with Crippen LogP contribution in [0.25, 0.3) is 0 Å². The molecule has 8 heteroatoms. The molecule has 1 aromatic rings. The van der Waals surface area contributed by atoms with Gasteiger partial charge >= 0.3 is 5.51 Å². The van der Waals surface area contributed by atoms with Crippen molar-refractivity contribution in [1.82, 2.24) is 4.90 Å². The first-order valence-electron chi connectivity index (χ1n) is 6.50. The fourth-order valence-electron chi connectivity index (χ4n) is 2.12. The molecule has 2 rings (SSSR count). The summed E-state index contributed by atoms with van der Waals surface area (Å²) in [5.74, 6) is -0.330. The van der Waals surface area contributed by atoms with Crippen molar-refractivity contribution in [2.24, 2.45) is 0 Å². The summed E-state index contributed by atoms with van der Waals surface area (Å²) >= 11 is 0. The molecular weight excluding hydrogens is 319 g/mol. The van der Waals surface area contributed by atoms with Crippen molar-refractivity contribution in [3.8, 4) is 0 Å². The van der Waals surface area contributed by atoms with Gasteiger partial charge in [0.15, 0.2) is 0 Å². The van der Waals surface area contributed by atoms with Crippen molar-refractivity contribution in [3.63, 3.8) is 0 Å². The van der Waals surface area contributed by atoms with Crippen LogP contribution in [0.3, 0.4) is 0 Å². The van der Waals surface area contributed by atoms with Crippen molar-refractivity contribution in [1.29, 1.82) is 0 Å². The zero-order chi connectivity index (χ0) is 16.5. The van der Waals surface area contributed by atoms with Gasteiger partial charge in [-0.15, -0.1) is 0 Å². The fraction of sp³-hybridized carbons (Fsp3) is 0.357. The van der Waals surface area contributed by atoms with Gasteiger partial charge in [-0.25, -0.2) is 8.42 Å². The Morgan fingerprint density at radius 3 is 2.05 bits per heavy atom.